The molecule has 2 amide bonds. The van der Waals surface area contributed by atoms with Crippen molar-refractivity contribution in [2.75, 3.05) is 99.1 Å². The predicted molar refractivity (Wildman–Crippen MR) is 523 cm³/mol. The van der Waals surface area contributed by atoms with Crippen LogP contribution < -0.4 is 59.2 Å². The number of fused-ring (bicyclic) bond motifs is 28. The molecule has 16 rings (SSSR count). The van der Waals surface area contributed by atoms with Crippen LogP contribution in [0.15, 0.2) is 179 Å². The molecule has 4 aliphatic heterocycles. The topological polar surface area (TPSA) is 418 Å². The smallest absolute Gasteiger partial charge is 0.442 e. The Balaban J connectivity index is 0.000000160. The zero-order valence-electron chi connectivity index (χ0n) is 79.0. The Bertz CT molecular complexity index is 6760. The van der Waals surface area contributed by atoms with Gasteiger partial charge in [0.05, 0.1) is 120 Å². The lowest BCUT2D eigenvalue weighted by molar-refractivity contribution is 0.0595. The molecule has 4 atom stereocenters. The van der Waals surface area contributed by atoms with Gasteiger partial charge in [-0.1, -0.05) is 12.1 Å². The summed E-state index contributed by atoms with van der Waals surface area (Å²) in [5.41, 5.74) is 3.80. The lowest BCUT2D eigenvalue weighted by Crippen LogP contribution is -2.22. The molecule has 4 aliphatic rings. The van der Waals surface area contributed by atoms with Crippen LogP contribution in [0, 0.1) is 56.1 Å². The van der Waals surface area contributed by atoms with Crippen molar-refractivity contribution in [3.8, 4) is 91.0 Å². The number of ether oxygens (including phenoxy) is 10. The number of aromatic nitrogens is 8. The average Bonchev–Trinajstić information content (AvgIpc) is 0.813. The van der Waals surface area contributed by atoms with Crippen LogP contribution in [0.25, 0.3) is 44.8 Å². The van der Waals surface area contributed by atoms with Gasteiger partial charge >= 0.3 is 12.2 Å². The minimum Gasteiger partial charge on any atom is -0.494 e. The van der Waals surface area contributed by atoms with Gasteiger partial charge in [-0.15, -0.1) is 8.73 Å². The van der Waals surface area contributed by atoms with Gasteiger partial charge in [0.15, 0.2) is 57.9 Å². The first kappa shape index (κ1) is 105. The first-order valence-electron chi connectivity index (χ1n) is 44.5. The molecule has 12 aromatic rings. The van der Waals surface area contributed by atoms with Gasteiger partial charge in [-0.25, -0.2) is 91.5 Å². The molecule has 6 aromatic heterocycles. The van der Waals surface area contributed by atoms with E-state index in [-0.39, 0.29) is 119 Å². The quantitative estimate of drug-likeness (QED) is 0.0769. The van der Waals surface area contributed by atoms with Crippen molar-refractivity contribution < 1.29 is 109 Å². The molecule has 0 spiro atoms. The van der Waals surface area contributed by atoms with Gasteiger partial charge in [0.1, 0.15) is 69.0 Å². The Morgan fingerprint density at radius 2 is 0.655 bits per heavy atom. The monoisotopic (exact) mass is 2040 g/mol. The van der Waals surface area contributed by atoms with Crippen molar-refractivity contribution in [2.24, 2.45) is 8.73 Å². The number of anilines is 8. The van der Waals surface area contributed by atoms with E-state index in [9.17, 15) is 61.5 Å². The van der Waals surface area contributed by atoms with Gasteiger partial charge < -0.3 is 68.6 Å². The maximum absolute atomic E-state index is 14.7. The highest BCUT2D eigenvalue weighted by Gasteiger charge is 2.26. The van der Waals surface area contributed by atoms with Gasteiger partial charge in [0.2, 0.25) is 23.7 Å². The molecule has 10 heterocycles. The van der Waals surface area contributed by atoms with Gasteiger partial charge in [0, 0.05) is 102 Å². The molecule has 0 fully saturated rings. The lowest BCUT2D eigenvalue weighted by atomic mass is 10.1. The largest absolute Gasteiger partial charge is 0.494 e. The molecule has 142 heavy (non-hydrogen) atoms. The number of hydrogen-bond acceptors (Lipinski definition) is 30. The Labute approximate surface area is 816 Å². The number of carbonyl (C=O) groups is 2. The summed E-state index contributed by atoms with van der Waals surface area (Å²) in [6.07, 6.45) is 12.7. The van der Waals surface area contributed by atoms with Gasteiger partial charge in [-0.2, -0.15) is 9.97 Å². The van der Waals surface area contributed by atoms with E-state index in [1.165, 1.54) is 110 Å². The van der Waals surface area contributed by atoms with Crippen LogP contribution in [0.2, 0.25) is 0 Å². The Hall–Kier alpha value is -14.1. The number of rotatable bonds is 8. The molecular weight excluding hydrogens is 1940 g/mol. The standard InChI is InChI=1S/2C27H30F2N4O5S.2C22H22F2N4O3S/c1-27(2,3)38-26(34)33-39(4,35)16-17-11-24-31-23-14-19(21(29)15-30-23)18-7-8-20(28)22(13-18)36-9-5-6-10-37-25(12-17)32-24;1-27(2,3)38-26(34)33-39(4,35)16-17-11-19-14-20(12-17)36-9-5-6-10-37-23-13-18(7-8-21(23)28)24-22(29)15-30-25(31-19)32-24;1-32(25,29)13-14-8-21-27-20-11-16(18(24)12-26-20)15-4-5-17(23)19(10-15)30-6-2-3-7-31-22(9-14)28-21;1-32(25,29)13-14-8-16-11-17(9-14)30-6-2-3-7-31-20-10-15(4-5-18(20)23)21-19(24)12-26-22(27-16)28-21/h2*7-8,11-15H,5-6,9-10,16H2,1-4H3,(H,30,31,32);2*4-5,8-12,25H,2-3,6-7,13H2,1H3,(H,26,27,28). The number of nitrogens with zero attached hydrogens (tertiary/aromatic N) is 10. The SMILES string of the molecule is CC(C)(C)OC(=O)N=S(C)(=O)Cc1cc2cc(c1)OCCCCOc1cc(ccc1F)-c1nc(ncc1F)N2.CC(C)(C)OC(=O)N=S(C)(=O)Cc1cc2nc(c1)OCCCCOc1cc(ccc1F)-c1cc(ncc1F)N2.CS(=N)(=O)Cc1cc2cc(c1)OCCCCOc1cc(ccc1F)-c1nc(ncc1F)N2.CS(=N)(=O)Cc1cc2nc(c1)OCCCCOc1cc(ccc1F)-c1cc(ncc1F)N2. The van der Waals surface area contributed by atoms with Crippen LogP contribution in [-0.2, 0) is 71.4 Å². The predicted octanol–water partition coefficient (Wildman–Crippen LogP) is 22.3. The first-order valence-corrected chi connectivity index (χ1v) is 53.0. The molecule has 24 bridgehead atoms. The third-order valence-corrected chi connectivity index (χ3v) is 24.6. The molecule has 0 saturated carbocycles. The van der Waals surface area contributed by atoms with Gasteiger partial charge in [0.25, 0.3) is 0 Å². The highest BCUT2D eigenvalue weighted by molar-refractivity contribution is 7.92. The number of benzene rings is 6. The van der Waals surface area contributed by atoms with E-state index in [4.69, 9.17) is 56.9 Å². The Morgan fingerprint density at radius 1 is 0.345 bits per heavy atom. The summed E-state index contributed by atoms with van der Waals surface area (Å²) in [5.74, 6) is -1.64. The molecule has 0 radical (unpaired) electrons. The number of nitrogens with one attached hydrogen (secondary N) is 6. The third kappa shape index (κ3) is 32.5. The zero-order valence-corrected chi connectivity index (χ0v) is 82.2. The summed E-state index contributed by atoms with van der Waals surface area (Å²) < 4.78 is 245. The highest BCUT2D eigenvalue weighted by atomic mass is 32.2. The zero-order chi connectivity index (χ0) is 102. The molecule has 0 aliphatic carbocycles. The van der Waals surface area contributed by atoms with E-state index < -0.39 is 109 Å². The fourth-order valence-corrected chi connectivity index (χ4v) is 18.2. The van der Waals surface area contributed by atoms with Crippen molar-refractivity contribution in [2.45, 2.75) is 127 Å². The van der Waals surface area contributed by atoms with Crippen molar-refractivity contribution in [3.63, 3.8) is 0 Å². The normalized spacial score (nSPS) is 15.3. The molecule has 0 saturated heterocycles. The number of hydrogen-bond donors (Lipinski definition) is 6. The van der Waals surface area contributed by atoms with E-state index in [1.807, 2.05) is 0 Å². The van der Waals surface area contributed by atoms with Gasteiger partial charge in [-0.3, -0.25) is 9.56 Å². The lowest BCUT2D eigenvalue weighted by Gasteiger charge is -2.18. The Morgan fingerprint density at radius 3 is 1.01 bits per heavy atom. The van der Waals surface area contributed by atoms with E-state index >= 15 is 0 Å². The van der Waals surface area contributed by atoms with Crippen LogP contribution in [-0.4, -0.2) is 158 Å². The molecular formula is C98H104F8N16O16S4. The average molecular weight is 2040 g/mol. The minimum absolute atomic E-state index is 0.00264. The fraction of sp³-hybridized carbons (Fsp3) is 0.327. The molecule has 6 aromatic carbocycles. The maximum Gasteiger partial charge on any atom is 0.442 e. The number of halogens is 8. The summed E-state index contributed by atoms with van der Waals surface area (Å²) in [5, 5.41) is 12.1. The van der Waals surface area contributed by atoms with E-state index in [1.54, 1.807) is 102 Å². The van der Waals surface area contributed by atoms with Crippen LogP contribution in [0.1, 0.15) is 115 Å². The second-order valence-corrected chi connectivity index (χ2v) is 44.7. The van der Waals surface area contributed by atoms with Crippen molar-refractivity contribution in [1.82, 2.24) is 39.9 Å². The van der Waals surface area contributed by atoms with Crippen molar-refractivity contribution in [1.29, 1.82) is 9.56 Å². The van der Waals surface area contributed by atoms with E-state index in [0.717, 1.165) is 24.8 Å². The fourth-order valence-electron chi connectivity index (χ4n) is 14.2. The van der Waals surface area contributed by atoms with E-state index in [0.29, 0.717) is 169 Å². The second kappa shape index (κ2) is 46.5. The summed E-state index contributed by atoms with van der Waals surface area (Å²) in [6, 6.07) is 36.2. The van der Waals surface area contributed by atoms with Crippen molar-refractivity contribution in [3.05, 3.63) is 239 Å². The molecule has 4 unspecified atom stereocenters. The van der Waals surface area contributed by atoms with E-state index in [2.05, 4.69) is 69.9 Å². The van der Waals surface area contributed by atoms with Crippen molar-refractivity contribution >= 4 is 97.6 Å². The molecule has 44 heteroatoms. The van der Waals surface area contributed by atoms with Gasteiger partial charge in [-0.05, 0) is 235 Å². The third-order valence-electron chi connectivity index (χ3n) is 20.1. The first-order chi connectivity index (χ1) is 67.3. The highest BCUT2D eigenvalue weighted by Crippen LogP contribution is 2.38. The Kier molecular flexibility index (Phi) is 34.5. The van der Waals surface area contributed by atoms with Crippen LogP contribution >= 0.6 is 0 Å². The summed E-state index contributed by atoms with van der Waals surface area (Å²) in [6.45, 7) is 12.6. The number of pyridine rings is 4. The second-order valence-electron chi connectivity index (χ2n) is 35.4. The van der Waals surface area contributed by atoms with Crippen LogP contribution in [0.4, 0.5) is 91.3 Å². The molecule has 32 nitrogen and oxygen atoms in total. The minimum atomic E-state index is -3.01. The molecule has 752 valence electrons. The summed E-state index contributed by atoms with van der Waals surface area (Å²) >= 11 is 0. The summed E-state index contributed by atoms with van der Waals surface area (Å²) in [4.78, 5) is 57.9. The molecule has 6 N–H and O–H groups in total. The maximum atomic E-state index is 14.7. The van der Waals surface area contributed by atoms with Crippen LogP contribution in [0.5, 0.6) is 46.3 Å². The summed E-state index contributed by atoms with van der Waals surface area (Å²) in [7, 11) is -11.6. The number of amides is 2. The number of carbonyl (C=O) groups excluding carboxylic acids is 2. The van der Waals surface area contributed by atoms with Crippen LogP contribution in [0.3, 0.4) is 0 Å².